The lowest BCUT2D eigenvalue weighted by molar-refractivity contribution is 0.0997. The van der Waals surface area contributed by atoms with Gasteiger partial charge in [0.25, 0.3) is 0 Å². The van der Waals surface area contributed by atoms with E-state index in [2.05, 4.69) is 16.7 Å². The summed E-state index contributed by atoms with van der Waals surface area (Å²) in [4.78, 5) is 4.84. The van der Waals surface area contributed by atoms with E-state index in [4.69, 9.17) is 0 Å². The Morgan fingerprint density at radius 2 is 1.74 bits per heavy atom. The molecule has 0 aliphatic carbocycles. The van der Waals surface area contributed by atoms with Crippen LogP contribution in [0.15, 0.2) is 24.3 Å². The molecule has 2 aliphatic heterocycles. The van der Waals surface area contributed by atoms with Crippen LogP contribution in [0, 0.1) is 5.82 Å². The molecule has 0 bridgehead atoms. The van der Waals surface area contributed by atoms with E-state index in [1.54, 1.807) is 16.4 Å². The van der Waals surface area contributed by atoms with Gasteiger partial charge in [0.1, 0.15) is 5.82 Å². The molecule has 0 N–H and O–H groups in total. The zero-order valence-corrected chi connectivity index (χ0v) is 17.1. The van der Waals surface area contributed by atoms with E-state index in [1.165, 1.54) is 37.8 Å². The van der Waals surface area contributed by atoms with Crippen molar-refractivity contribution in [1.82, 2.24) is 14.1 Å². The van der Waals surface area contributed by atoms with E-state index in [9.17, 15) is 12.8 Å². The van der Waals surface area contributed by atoms with E-state index < -0.39 is 10.0 Å². The molecule has 2 saturated heterocycles. The molecule has 1 aromatic rings. The Morgan fingerprint density at radius 3 is 2.41 bits per heavy atom. The van der Waals surface area contributed by atoms with Crippen molar-refractivity contribution < 1.29 is 12.8 Å². The van der Waals surface area contributed by atoms with E-state index in [0.717, 1.165) is 38.3 Å². The minimum Gasteiger partial charge on any atom is -0.301 e. The maximum atomic E-state index is 13.1. The molecule has 2 aliphatic rings. The highest BCUT2D eigenvalue weighted by Crippen LogP contribution is 2.22. The molecule has 1 atom stereocenters. The summed E-state index contributed by atoms with van der Waals surface area (Å²) in [7, 11) is -3.24. The van der Waals surface area contributed by atoms with E-state index in [-0.39, 0.29) is 17.6 Å². The molecule has 1 aromatic carbocycles. The Kier molecular flexibility index (Phi) is 7.25. The summed E-state index contributed by atoms with van der Waals surface area (Å²) in [6.07, 6.45) is 5.13. The number of benzene rings is 1. The normalized spacial score (nSPS) is 24.4. The Hall–Kier alpha value is -1.02. The van der Waals surface area contributed by atoms with Crippen LogP contribution in [0.3, 0.4) is 0 Å². The van der Waals surface area contributed by atoms with Crippen molar-refractivity contribution in [3.63, 3.8) is 0 Å². The topological polar surface area (TPSA) is 43.9 Å². The van der Waals surface area contributed by atoms with E-state index in [1.807, 2.05) is 0 Å². The van der Waals surface area contributed by atoms with Crippen LogP contribution in [-0.4, -0.2) is 73.6 Å². The second kappa shape index (κ2) is 9.45. The van der Waals surface area contributed by atoms with Crippen LogP contribution in [0.1, 0.15) is 38.2 Å². The van der Waals surface area contributed by atoms with Gasteiger partial charge in [-0.2, -0.15) is 4.31 Å². The van der Waals surface area contributed by atoms with E-state index >= 15 is 0 Å². The Labute approximate surface area is 163 Å². The predicted octanol–water partition coefficient (Wildman–Crippen LogP) is 2.54. The van der Waals surface area contributed by atoms with Crippen LogP contribution in [0.2, 0.25) is 0 Å². The van der Waals surface area contributed by atoms with Crippen molar-refractivity contribution in [2.45, 2.75) is 45.2 Å². The van der Waals surface area contributed by atoms with Crippen LogP contribution >= 0.6 is 0 Å². The highest BCUT2D eigenvalue weighted by atomic mass is 32.2. The molecule has 0 aromatic heterocycles. The molecule has 2 fully saturated rings. The number of sulfonamides is 1. The second-order valence-electron chi connectivity index (χ2n) is 7.79. The third-order valence-electron chi connectivity index (χ3n) is 5.73. The summed E-state index contributed by atoms with van der Waals surface area (Å²) in [5, 5.41) is 0. The quantitative estimate of drug-likeness (QED) is 0.633. The molecular formula is C20H32FN3O2S. The minimum absolute atomic E-state index is 0.0673. The van der Waals surface area contributed by atoms with Crippen LogP contribution in [0.25, 0.3) is 0 Å². The van der Waals surface area contributed by atoms with Crippen LogP contribution in [-0.2, 0) is 16.6 Å². The van der Waals surface area contributed by atoms with Gasteiger partial charge in [0.15, 0.2) is 0 Å². The molecule has 0 amide bonds. The molecule has 0 radical (unpaired) electrons. The molecular weight excluding hydrogens is 365 g/mol. The fourth-order valence-corrected chi connectivity index (χ4v) is 5.80. The van der Waals surface area contributed by atoms with Crippen molar-refractivity contribution in [1.29, 1.82) is 0 Å². The molecule has 0 spiro atoms. The maximum Gasteiger partial charge on any atom is 0.216 e. The van der Waals surface area contributed by atoms with Gasteiger partial charge in [0.05, 0.1) is 5.75 Å². The minimum atomic E-state index is -3.24. The van der Waals surface area contributed by atoms with Gasteiger partial charge in [0.2, 0.25) is 10.0 Å². The lowest BCUT2D eigenvalue weighted by Gasteiger charge is -2.37. The van der Waals surface area contributed by atoms with Crippen molar-refractivity contribution in [2.75, 3.05) is 45.0 Å². The summed E-state index contributed by atoms with van der Waals surface area (Å²) in [6, 6.07) is 6.16. The maximum absolute atomic E-state index is 13.1. The summed E-state index contributed by atoms with van der Waals surface area (Å²) in [6.45, 7) is 8.20. The monoisotopic (exact) mass is 397 g/mol. The van der Waals surface area contributed by atoms with Gasteiger partial charge in [-0.15, -0.1) is 0 Å². The number of rotatable bonds is 8. The number of halogens is 1. The number of piperazine rings is 1. The zero-order chi connectivity index (χ0) is 19.3. The summed E-state index contributed by atoms with van der Waals surface area (Å²) in [5.74, 6) is -0.0986. The highest BCUT2D eigenvalue weighted by Gasteiger charge is 2.39. The first-order valence-corrected chi connectivity index (χ1v) is 11.8. The van der Waals surface area contributed by atoms with Crippen LogP contribution in [0.5, 0.6) is 0 Å². The van der Waals surface area contributed by atoms with Crippen molar-refractivity contribution in [2.24, 2.45) is 0 Å². The molecule has 7 heteroatoms. The number of hydrogen-bond acceptors (Lipinski definition) is 4. The zero-order valence-electron chi connectivity index (χ0n) is 16.3. The molecule has 3 rings (SSSR count). The first-order chi connectivity index (χ1) is 13.0. The van der Waals surface area contributed by atoms with Gasteiger partial charge < -0.3 is 4.90 Å². The predicted molar refractivity (Wildman–Crippen MR) is 107 cm³/mol. The highest BCUT2D eigenvalue weighted by molar-refractivity contribution is 7.89. The fraction of sp³-hybridized carbons (Fsp3) is 0.700. The molecule has 152 valence electrons. The summed E-state index contributed by atoms with van der Waals surface area (Å²) < 4.78 is 39.8. The molecule has 2 heterocycles. The Balaban J connectivity index is 1.48. The largest absolute Gasteiger partial charge is 0.301 e. The van der Waals surface area contributed by atoms with Gasteiger partial charge in [-0.1, -0.05) is 38.3 Å². The smallest absolute Gasteiger partial charge is 0.216 e. The third kappa shape index (κ3) is 5.73. The first-order valence-electron chi connectivity index (χ1n) is 10.2. The fourth-order valence-electron chi connectivity index (χ4n) is 4.04. The number of unbranched alkanes of at least 4 members (excludes halogenated alkanes) is 3. The average Bonchev–Trinajstić information content (AvgIpc) is 2.95. The second-order valence-corrected chi connectivity index (χ2v) is 9.80. The van der Waals surface area contributed by atoms with Crippen LogP contribution in [0.4, 0.5) is 4.39 Å². The van der Waals surface area contributed by atoms with Gasteiger partial charge >= 0.3 is 0 Å². The molecule has 1 unspecified atom stereocenters. The third-order valence-corrected chi connectivity index (χ3v) is 7.61. The molecule has 5 nitrogen and oxygen atoms in total. The van der Waals surface area contributed by atoms with Gasteiger partial charge in [-0.05, 0) is 30.7 Å². The SMILES string of the molecule is CCCCCCN1CCN(C2CN(Cc3ccc(F)cc3)S(=O)(=O)C2)CC1. The van der Waals surface area contributed by atoms with Gasteiger partial charge in [-0.3, -0.25) is 4.90 Å². The van der Waals surface area contributed by atoms with Crippen molar-refractivity contribution >= 4 is 10.0 Å². The lowest BCUT2D eigenvalue weighted by Crippen LogP contribution is -2.51. The Bertz CT molecular complexity index is 688. The molecule has 27 heavy (non-hydrogen) atoms. The van der Waals surface area contributed by atoms with Gasteiger partial charge in [0, 0.05) is 45.3 Å². The summed E-state index contributed by atoms with van der Waals surface area (Å²) in [5.41, 5.74) is 0.831. The van der Waals surface area contributed by atoms with Gasteiger partial charge in [-0.25, -0.2) is 12.8 Å². The van der Waals surface area contributed by atoms with Crippen molar-refractivity contribution in [3.05, 3.63) is 35.6 Å². The lowest BCUT2D eigenvalue weighted by atomic mass is 10.1. The summed E-state index contributed by atoms with van der Waals surface area (Å²) >= 11 is 0. The molecule has 0 saturated carbocycles. The number of hydrogen-bond donors (Lipinski definition) is 0. The van der Waals surface area contributed by atoms with Crippen LogP contribution < -0.4 is 0 Å². The standard InChI is InChI=1S/C20H32FN3O2S/c1-2-3-4-5-10-22-11-13-23(14-12-22)20-16-24(27(25,26)17-20)15-18-6-8-19(21)9-7-18/h6-9,20H,2-5,10-17H2,1H3. The van der Waals surface area contributed by atoms with E-state index in [0.29, 0.717) is 13.1 Å². The van der Waals surface area contributed by atoms with Crippen molar-refractivity contribution in [3.8, 4) is 0 Å². The number of nitrogens with zero attached hydrogens (tertiary/aromatic N) is 3. The first kappa shape index (κ1) is 20.7. The average molecular weight is 398 g/mol. The Morgan fingerprint density at radius 1 is 1.04 bits per heavy atom.